The minimum Gasteiger partial charge on any atom is -0.507 e. The molecule has 180 valence electrons. The van der Waals surface area contributed by atoms with Crippen molar-refractivity contribution in [3.8, 4) is 11.5 Å². The lowest BCUT2D eigenvalue weighted by Gasteiger charge is -2.27. The highest BCUT2D eigenvalue weighted by Crippen LogP contribution is 2.47. The van der Waals surface area contributed by atoms with Crippen molar-refractivity contribution in [2.24, 2.45) is 0 Å². The molecule has 0 amide bonds. The van der Waals surface area contributed by atoms with Gasteiger partial charge in [0.2, 0.25) is 0 Å². The maximum atomic E-state index is 14.1. The molecule has 0 aliphatic carbocycles. The fourth-order valence-electron chi connectivity index (χ4n) is 4.74. The second-order valence-corrected chi connectivity index (χ2v) is 8.87. The van der Waals surface area contributed by atoms with Crippen molar-refractivity contribution in [2.75, 3.05) is 0 Å². The number of alkyl halides is 3. The van der Waals surface area contributed by atoms with Gasteiger partial charge < -0.3 is 9.84 Å². The maximum absolute atomic E-state index is 14.1. The molecule has 1 aliphatic rings. The zero-order valence-corrected chi connectivity index (χ0v) is 19.0. The van der Waals surface area contributed by atoms with E-state index in [0.29, 0.717) is 23.5 Å². The van der Waals surface area contributed by atoms with Crippen LogP contribution in [0.2, 0.25) is 0 Å². The summed E-state index contributed by atoms with van der Waals surface area (Å²) in [6, 6.07) is 22.8. The monoisotopic (exact) mass is 478 g/mol. The standard InChI is InChI=1S/C28H25F3N2O2/c1-17-9-11-18(12-10-17)16-35-20-13-14-23(24(34)15-20)26-25(27(33-32-26)28(29,30)31)22-8-4-6-19-5-2-3-7-21(19)22/h2-15,25-27,32-34H,16H2,1H3. The Morgan fingerprint density at radius 1 is 0.857 bits per heavy atom. The van der Waals surface area contributed by atoms with E-state index in [1.54, 1.807) is 24.3 Å². The number of rotatable bonds is 5. The van der Waals surface area contributed by atoms with Crippen LogP contribution in [0.15, 0.2) is 84.9 Å². The van der Waals surface area contributed by atoms with Gasteiger partial charge in [0.15, 0.2) is 0 Å². The zero-order chi connectivity index (χ0) is 24.6. The highest BCUT2D eigenvalue weighted by molar-refractivity contribution is 5.86. The second kappa shape index (κ2) is 9.24. The smallest absolute Gasteiger partial charge is 0.405 e. The molecule has 3 unspecified atom stereocenters. The minimum absolute atomic E-state index is 0.126. The SMILES string of the molecule is Cc1ccc(COc2ccc(C3NNC(C(F)(F)F)C3c3cccc4ccccc34)c(O)c2)cc1. The van der Waals surface area contributed by atoms with E-state index in [0.717, 1.165) is 21.9 Å². The van der Waals surface area contributed by atoms with Gasteiger partial charge in [-0.3, -0.25) is 0 Å². The number of nitrogens with one attached hydrogen (secondary N) is 2. The number of phenols is 1. The van der Waals surface area contributed by atoms with Crippen LogP contribution in [-0.2, 0) is 6.61 Å². The average Bonchev–Trinajstić information content (AvgIpc) is 3.29. The molecule has 1 heterocycles. The molecule has 5 rings (SSSR count). The van der Waals surface area contributed by atoms with E-state index in [4.69, 9.17) is 4.74 Å². The number of phenolic OH excluding ortho intramolecular Hbond substituents is 1. The van der Waals surface area contributed by atoms with Gasteiger partial charge in [0.05, 0.1) is 6.04 Å². The summed E-state index contributed by atoms with van der Waals surface area (Å²) in [5, 5.41) is 12.4. The van der Waals surface area contributed by atoms with E-state index in [-0.39, 0.29) is 5.75 Å². The molecule has 4 aromatic carbocycles. The van der Waals surface area contributed by atoms with Gasteiger partial charge in [-0.15, -0.1) is 0 Å². The fraction of sp³-hybridized carbons (Fsp3) is 0.214. The Hall–Kier alpha value is -3.55. The molecule has 3 N–H and O–H groups in total. The Morgan fingerprint density at radius 3 is 2.34 bits per heavy atom. The average molecular weight is 479 g/mol. The van der Waals surface area contributed by atoms with Crippen LogP contribution in [-0.4, -0.2) is 17.3 Å². The van der Waals surface area contributed by atoms with Gasteiger partial charge in [0.25, 0.3) is 0 Å². The Bertz CT molecular complexity index is 1330. The van der Waals surface area contributed by atoms with Crippen LogP contribution in [0.25, 0.3) is 10.8 Å². The van der Waals surface area contributed by atoms with Crippen LogP contribution in [0.4, 0.5) is 13.2 Å². The van der Waals surface area contributed by atoms with Crippen LogP contribution < -0.4 is 15.6 Å². The molecule has 0 aromatic heterocycles. The summed E-state index contributed by atoms with van der Waals surface area (Å²) in [6.07, 6.45) is -4.49. The topological polar surface area (TPSA) is 53.5 Å². The number of ether oxygens (including phenoxy) is 1. The Balaban J connectivity index is 1.47. The van der Waals surface area contributed by atoms with E-state index in [2.05, 4.69) is 10.9 Å². The number of hydrogen-bond acceptors (Lipinski definition) is 4. The second-order valence-electron chi connectivity index (χ2n) is 8.87. The summed E-state index contributed by atoms with van der Waals surface area (Å²) in [7, 11) is 0. The van der Waals surface area contributed by atoms with Gasteiger partial charge in [-0.25, -0.2) is 10.9 Å². The first kappa shape index (κ1) is 23.2. The molecular formula is C28H25F3N2O2. The van der Waals surface area contributed by atoms with Gasteiger partial charge in [0, 0.05) is 17.5 Å². The van der Waals surface area contributed by atoms with E-state index in [1.807, 2.05) is 61.5 Å². The van der Waals surface area contributed by atoms with Gasteiger partial charge >= 0.3 is 6.18 Å². The molecule has 0 bridgehead atoms. The van der Waals surface area contributed by atoms with E-state index in [1.165, 1.54) is 6.07 Å². The van der Waals surface area contributed by atoms with Crippen molar-refractivity contribution >= 4 is 10.8 Å². The number of fused-ring (bicyclic) bond motifs is 1. The van der Waals surface area contributed by atoms with Gasteiger partial charge in [-0.2, -0.15) is 13.2 Å². The van der Waals surface area contributed by atoms with Crippen molar-refractivity contribution in [3.05, 3.63) is 107 Å². The number of aromatic hydroxyl groups is 1. The van der Waals surface area contributed by atoms with Crippen LogP contribution >= 0.6 is 0 Å². The molecule has 35 heavy (non-hydrogen) atoms. The van der Waals surface area contributed by atoms with Crippen LogP contribution in [0.3, 0.4) is 0 Å². The zero-order valence-electron chi connectivity index (χ0n) is 19.0. The van der Waals surface area contributed by atoms with Crippen molar-refractivity contribution < 1.29 is 23.0 Å². The molecule has 3 atom stereocenters. The molecule has 0 radical (unpaired) electrons. The van der Waals surface area contributed by atoms with Crippen molar-refractivity contribution in [3.63, 3.8) is 0 Å². The minimum atomic E-state index is -4.49. The predicted molar refractivity (Wildman–Crippen MR) is 129 cm³/mol. The van der Waals surface area contributed by atoms with Crippen LogP contribution in [0.1, 0.15) is 34.2 Å². The van der Waals surface area contributed by atoms with E-state index >= 15 is 0 Å². The molecule has 7 heteroatoms. The normalized spacial score (nSPS) is 20.3. The van der Waals surface area contributed by atoms with Crippen molar-refractivity contribution in [1.82, 2.24) is 10.9 Å². The molecule has 1 aliphatic heterocycles. The lowest BCUT2D eigenvalue weighted by Crippen LogP contribution is -2.43. The molecular weight excluding hydrogens is 453 g/mol. The largest absolute Gasteiger partial charge is 0.507 e. The Kier molecular flexibility index (Phi) is 6.13. The lowest BCUT2D eigenvalue weighted by atomic mass is 9.81. The Morgan fingerprint density at radius 2 is 1.60 bits per heavy atom. The van der Waals surface area contributed by atoms with Crippen molar-refractivity contribution in [2.45, 2.75) is 37.7 Å². The molecule has 4 nitrogen and oxygen atoms in total. The van der Waals surface area contributed by atoms with E-state index in [9.17, 15) is 18.3 Å². The number of aryl methyl sites for hydroxylation is 1. The summed E-state index contributed by atoms with van der Waals surface area (Å²) in [4.78, 5) is 0. The molecule has 4 aromatic rings. The molecule has 0 spiro atoms. The summed E-state index contributed by atoms with van der Waals surface area (Å²) in [6.45, 7) is 2.32. The summed E-state index contributed by atoms with van der Waals surface area (Å²) in [5.74, 6) is -0.683. The number of hydrogen-bond donors (Lipinski definition) is 3. The predicted octanol–water partition coefficient (Wildman–Crippen LogP) is 6.30. The van der Waals surface area contributed by atoms with Crippen LogP contribution in [0, 0.1) is 6.92 Å². The summed E-state index contributed by atoms with van der Waals surface area (Å²) in [5.41, 5.74) is 8.28. The Labute approximate surface area is 201 Å². The molecule has 1 fully saturated rings. The highest BCUT2D eigenvalue weighted by Gasteiger charge is 2.52. The number of benzene rings is 4. The first-order chi connectivity index (χ1) is 16.8. The number of hydrazine groups is 1. The third kappa shape index (κ3) is 4.70. The molecule has 1 saturated heterocycles. The van der Waals surface area contributed by atoms with Crippen molar-refractivity contribution in [1.29, 1.82) is 0 Å². The fourth-order valence-corrected chi connectivity index (χ4v) is 4.74. The number of halogens is 3. The van der Waals surface area contributed by atoms with Gasteiger partial charge in [-0.05, 0) is 34.9 Å². The lowest BCUT2D eigenvalue weighted by molar-refractivity contribution is -0.156. The summed E-state index contributed by atoms with van der Waals surface area (Å²) < 4.78 is 48.0. The highest BCUT2D eigenvalue weighted by atomic mass is 19.4. The van der Waals surface area contributed by atoms with E-state index < -0.39 is 24.2 Å². The first-order valence-corrected chi connectivity index (χ1v) is 11.4. The van der Waals surface area contributed by atoms with Gasteiger partial charge in [0.1, 0.15) is 24.1 Å². The maximum Gasteiger partial charge on any atom is 0.405 e. The third-order valence-corrected chi connectivity index (χ3v) is 6.51. The van der Waals surface area contributed by atoms with Crippen LogP contribution in [0.5, 0.6) is 11.5 Å². The van der Waals surface area contributed by atoms with Gasteiger partial charge in [-0.1, -0.05) is 78.4 Å². The summed E-state index contributed by atoms with van der Waals surface area (Å²) >= 11 is 0. The quantitative estimate of drug-likeness (QED) is 0.315. The first-order valence-electron chi connectivity index (χ1n) is 11.4. The third-order valence-electron chi connectivity index (χ3n) is 6.51. The molecule has 0 saturated carbocycles.